The van der Waals surface area contributed by atoms with Gasteiger partial charge in [-0.25, -0.2) is 0 Å². The largest absolute Gasteiger partial charge is 0.497 e. The summed E-state index contributed by atoms with van der Waals surface area (Å²) in [7, 11) is 1.61. The molecule has 150 valence electrons. The average molecular weight is 394 g/mol. The van der Waals surface area contributed by atoms with Gasteiger partial charge < -0.3 is 14.6 Å². The summed E-state index contributed by atoms with van der Waals surface area (Å²) in [6.07, 6.45) is 1.76. The molecule has 1 aliphatic heterocycles. The van der Waals surface area contributed by atoms with E-state index in [1.165, 1.54) is 12.1 Å². The molecule has 0 amide bonds. The number of benzene rings is 2. The van der Waals surface area contributed by atoms with Crippen LogP contribution in [0.5, 0.6) is 5.75 Å². The molecule has 1 saturated heterocycles. The molecule has 0 unspecified atom stereocenters. The van der Waals surface area contributed by atoms with Gasteiger partial charge in [-0.05, 0) is 30.3 Å². The molecule has 1 aliphatic rings. The number of non-ortho nitro benzene ring substituents is 1. The molecular weight excluding hydrogens is 372 g/mol. The molecule has 0 atom stereocenters. The Labute approximate surface area is 167 Å². The van der Waals surface area contributed by atoms with Crippen LogP contribution in [-0.2, 0) is 0 Å². The summed E-state index contributed by atoms with van der Waals surface area (Å²) < 4.78 is 5.27. The Kier molecular flexibility index (Phi) is 5.18. The van der Waals surface area contributed by atoms with E-state index < -0.39 is 4.92 Å². The lowest BCUT2D eigenvalue weighted by molar-refractivity contribution is -0.384. The standard InChI is InChI=1S/C21H22N4O4/c1-29-17-6-7-20-18(12-17)19(13-22-20)21(26)14-23-8-10-24(11-9-23)15-2-4-16(5-3-15)25(27)28/h2-7,12-13,22H,8-11,14H2,1H3. The third-order valence-corrected chi connectivity index (χ3v) is 5.35. The molecule has 0 aliphatic carbocycles. The van der Waals surface area contributed by atoms with Crippen molar-refractivity contribution in [3.8, 4) is 5.75 Å². The van der Waals surface area contributed by atoms with Crippen LogP contribution < -0.4 is 9.64 Å². The highest BCUT2D eigenvalue weighted by molar-refractivity contribution is 6.09. The number of fused-ring (bicyclic) bond motifs is 1. The number of ketones is 1. The van der Waals surface area contributed by atoms with Gasteiger partial charge in [-0.15, -0.1) is 0 Å². The third kappa shape index (κ3) is 3.93. The Morgan fingerprint density at radius 2 is 1.86 bits per heavy atom. The highest BCUT2D eigenvalue weighted by Crippen LogP contribution is 2.25. The molecule has 8 nitrogen and oxygen atoms in total. The van der Waals surface area contributed by atoms with Gasteiger partial charge in [0.15, 0.2) is 5.78 Å². The number of piperazine rings is 1. The number of nitro benzene ring substituents is 1. The Hall–Kier alpha value is -3.39. The molecule has 2 heterocycles. The van der Waals surface area contributed by atoms with Gasteiger partial charge in [0.2, 0.25) is 0 Å². The van der Waals surface area contributed by atoms with E-state index in [1.54, 1.807) is 25.4 Å². The summed E-state index contributed by atoms with van der Waals surface area (Å²) in [6, 6.07) is 12.3. The van der Waals surface area contributed by atoms with Crippen LogP contribution in [0.1, 0.15) is 10.4 Å². The molecular formula is C21H22N4O4. The lowest BCUT2D eigenvalue weighted by Gasteiger charge is -2.35. The predicted molar refractivity (Wildman–Crippen MR) is 111 cm³/mol. The van der Waals surface area contributed by atoms with E-state index in [9.17, 15) is 14.9 Å². The Morgan fingerprint density at radius 1 is 1.14 bits per heavy atom. The number of Topliss-reactive ketones (excluding diaryl/α,β-unsaturated/α-hetero) is 1. The molecule has 0 radical (unpaired) electrons. The number of rotatable bonds is 6. The summed E-state index contributed by atoms with van der Waals surface area (Å²) in [4.78, 5) is 30.7. The van der Waals surface area contributed by atoms with Crippen LogP contribution in [0.15, 0.2) is 48.7 Å². The van der Waals surface area contributed by atoms with Crippen LogP contribution in [-0.4, -0.2) is 60.4 Å². The monoisotopic (exact) mass is 394 g/mol. The second-order valence-electron chi connectivity index (χ2n) is 7.07. The van der Waals surface area contributed by atoms with Gasteiger partial charge in [0.25, 0.3) is 5.69 Å². The highest BCUT2D eigenvalue weighted by Gasteiger charge is 2.21. The maximum atomic E-state index is 12.9. The van der Waals surface area contributed by atoms with Crippen LogP contribution >= 0.6 is 0 Å². The van der Waals surface area contributed by atoms with E-state index in [2.05, 4.69) is 14.8 Å². The Morgan fingerprint density at radius 3 is 2.52 bits per heavy atom. The number of aromatic amines is 1. The van der Waals surface area contributed by atoms with Gasteiger partial charge in [-0.2, -0.15) is 0 Å². The average Bonchev–Trinajstić information content (AvgIpc) is 3.17. The van der Waals surface area contributed by atoms with Gasteiger partial charge in [0.1, 0.15) is 5.75 Å². The van der Waals surface area contributed by atoms with Crippen molar-refractivity contribution in [3.63, 3.8) is 0 Å². The van der Waals surface area contributed by atoms with Crippen molar-refractivity contribution in [2.45, 2.75) is 0 Å². The quantitative estimate of drug-likeness (QED) is 0.392. The zero-order valence-corrected chi connectivity index (χ0v) is 16.1. The summed E-state index contributed by atoms with van der Waals surface area (Å²) in [5, 5.41) is 11.7. The fraction of sp³-hybridized carbons (Fsp3) is 0.286. The molecule has 0 bridgehead atoms. The first-order chi connectivity index (χ1) is 14.0. The smallest absolute Gasteiger partial charge is 0.269 e. The minimum atomic E-state index is -0.395. The number of methoxy groups -OCH3 is 1. The lowest BCUT2D eigenvalue weighted by atomic mass is 10.1. The topological polar surface area (TPSA) is 91.7 Å². The fourth-order valence-electron chi connectivity index (χ4n) is 3.70. The molecule has 3 aromatic rings. The van der Waals surface area contributed by atoms with E-state index in [-0.39, 0.29) is 11.5 Å². The zero-order valence-electron chi connectivity index (χ0n) is 16.1. The van der Waals surface area contributed by atoms with E-state index in [0.29, 0.717) is 12.1 Å². The predicted octanol–water partition coefficient (Wildman–Crippen LogP) is 3.09. The summed E-state index contributed by atoms with van der Waals surface area (Å²) in [6.45, 7) is 3.42. The summed E-state index contributed by atoms with van der Waals surface area (Å²) >= 11 is 0. The highest BCUT2D eigenvalue weighted by atomic mass is 16.6. The lowest BCUT2D eigenvalue weighted by Crippen LogP contribution is -2.48. The number of hydrogen-bond donors (Lipinski definition) is 1. The molecule has 4 rings (SSSR count). The number of hydrogen-bond acceptors (Lipinski definition) is 6. The first-order valence-electron chi connectivity index (χ1n) is 9.45. The zero-order chi connectivity index (χ0) is 20.4. The van der Waals surface area contributed by atoms with Crippen molar-refractivity contribution in [2.75, 3.05) is 44.7 Å². The first-order valence-corrected chi connectivity index (χ1v) is 9.45. The maximum Gasteiger partial charge on any atom is 0.269 e. The van der Waals surface area contributed by atoms with Crippen LogP contribution in [0.2, 0.25) is 0 Å². The van der Waals surface area contributed by atoms with Gasteiger partial charge in [-0.1, -0.05) is 0 Å². The van der Waals surface area contributed by atoms with Crippen LogP contribution in [0.4, 0.5) is 11.4 Å². The number of aromatic nitrogens is 1. The second kappa shape index (κ2) is 7.92. The summed E-state index contributed by atoms with van der Waals surface area (Å²) in [5.41, 5.74) is 2.65. The van der Waals surface area contributed by atoms with E-state index >= 15 is 0 Å². The number of nitrogens with zero attached hydrogens (tertiary/aromatic N) is 3. The molecule has 1 fully saturated rings. The normalized spacial score (nSPS) is 14.9. The number of nitro groups is 1. The van der Waals surface area contributed by atoms with Gasteiger partial charge in [0, 0.05) is 66.7 Å². The van der Waals surface area contributed by atoms with Crippen molar-refractivity contribution in [1.29, 1.82) is 0 Å². The summed E-state index contributed by atoms with van der Waals surface area (Å²) in [5.74, 6) is 0.802. The number of nitrogens with one attached hydrogen (secondary N) is 1. The third-order valence-electron chi connectivity index (χ3n) is 5.35. The van der Waals surface area contributed by atoms with Gasteiger partial charge in [0.05, 0.1) is 18.6 Å². The molecule has 1 aromatic heterocycles. The minimum absolute atomic E-state index is 0.0771. The molecule has 8 heteroatoms. The number of H-pyrrole nitrogens is 1. The van der Waals surface area contributed by atoms with Gasteiger partial charge in [-0.3, -0.25) is 19.8 Å². The number of carbonyl (C=O) groups is 1. The number of anilines is 1. The van der Waals surface area contributed by atoms with Crippen molar-refractivity contribution in [1.82, 2.24) is 9.88 Å². The Bertz CT molecular complexity index is 1040. The van der Waals surface area contributed by atoms with Crippen LogP contribution in [0, 0.1) is 10.1 Å². The van der Waals surface area contributed by atoms with Crippen LogP contribution in [0.25, 0.3) is 10.9 Å². The van der Waals surface area contributed by atoms with E-state index in [4.69, 9.17) is 4.74 Å². The molecule has 0 saturated carbocycles. The van der Waals surface area contributed by atoms with Gasteiger partial charge >= 0.3 is 0 Å². The Balaban J connectivity index is 1.38. The van der Waals surface area contributed by atoms with E-state index in [0.717, 1.165) is 48.5 Å². The molecule has 2 aromatic carbocycles. The number of ether oxygens (including phenoxy) is 1. The molecule has 29 heavy (non-hydrogen) atoms. The second-order valence-corrected chi connectivity index (χ2v) is 7.07. The minimum Gasteiger partial charge on any atom is -0.497 e. The van der Waals surface area contributed by atoms with Crippen molar-refractivity contribution in [2.24, 2.45) is 0 Å². The van der Waals surface area contributed by atoms with Crippen molar-refractivity contribution in [3.05, 3.63) is 64.3 Å². The maximum absolute atomic E-state index is 12.9. The van der Waals surface area contributed by atoms with Crippen LogP contribution in [0.3, 0.4) is 0 Å². The van der Waals surface area contributed by atoms with E-state index in [1.807, 2.05) is 18.2 Å². The number of carbonyl (C=O) groups excluding carboxylic acids is 1. The molecule has 0 spiro atoms. The first kappa shape index (κ1) is 18.9. The fourth-order valence-corrected chi connectivity index (χ4v) is 3.70. The van der Waals surface area contributed by atoms with Crippen molar-refractivity contribution < 1.29 is 14.5 Å². The van der Waals surface area contributed by atoms with Crippen molar-refractivity contribution >= 4 is 28.1 Å². The molecule has 1 N–H and O–H groups in total. The SMILES string of the molecule is COc1ccc2[nH]cc(C(=O)CN3CCN(c4ccc([N+](=O)[O-])cc4)CC3)c2c1.